The number of benzene rings is 1. The van der Waals surface area contributed by atoms with Crippen LogP contribution < -0.4 is 5.32 Å². The van der Waals surface area contributed by atoms with E-state index in [4.69, 9.17) is 0 Å². The van der Waals surface area contributed by atoms with Crippen LogP contribution in [0.25, 0.3) is 0 Å². The molecule has 0 spiro atoms. The highest BCUT2D eigenvalue weighted by atomic mass is 16.6. The van der Waals surface area contributed by atoms with Crippen molar-refractivity contribution in [3.05, 3.63) is 63.5 Å². The van der Waals surface area contributed by atoms with Gasteiger partial charge in [0, 0.05) is 24.0 Å². The molecular formula is C15H15N3O2. The van der Waals surface area contributed by atoms with Crippen LogP contribution in [0.1, 0.15) is 29.3 Å². The maximum atomic E-state index is 10.9. The lowest BCUT2D eigenvalue weighted by molar-refractivity contribution is -0.384. The number of pyridine rings is 1. The Labute approximate surface area is 116 Å². The van der Waals surface area contributed by atoms with Gasteiger partial charge in [0.05, 0.1) is 16.7 Å². The number of anilines is 1. The third kappa shape index (κ3) is 2.22. The molecule has 0 bridgehead atoms. The van der Waals surface area contributed by atoms with Crippen LogP contribution in [-0.2, 0) is 6.42 Å². The van der Waals surface area contributed by atoms with Gasteiger partial charge in [0.15, 0.2) is 0 Å². The van der Waals surface area contributed by atoms with E-state index >= 15 is 0 Å². The Morgan fingerprint density at radius 1 is 1.40 bits per heavy atom. The lowest BCUT2D eigenvalue weighted by Crippen LogP contribution is -2.09. The average Bonchev–Trinajstić information content (AvgIpc) is 2.84. The fourth-order valence-electron chi connectivity index (χ4n) is 2.62. The summed E-state index contributed by atoms with van der Waals surface area (Å²) >= 11 is 0. The minimum absolute atomic E-state index is 0.109. The zero-order chi connectivity index (χ0) is 14.1. The zero-order valence-corrected chi connectivity index (χ0v) is 11.2. The predicted molar refractivity (Wildman–Crippen MR) is 76.8 cm³/mol. The highest BCUT2D eigenvalue weighted by molar-refractivity contribution is 5.58. The molecule has 5 nitrogen and oxygen atoms in total. The summed E-state index contributed by atoms with van der Waals surface area (Å²) in [4.78, 5) is 14.9. The van der Waals surface area contributed by atoms with E-state index in [1.54, 1.807) is 18.3 Å². The van der Waals surface area contributed by atoms with E-state index < -0.39 is 0 Å². The highest BCUT2D eigenvalue weighted by Crippen LogP contribution is 2.33. The first kappa shape index (κ1) is 12.6. The number of fused-ring (bicyclic) bond motifs is 1. The van der Waals surface area contributed by atoms with Gasteiger partial charge in [-0.2, -0.15) is 0 Å². The summed E-state index contributed by atoms with van der Waals surface area (Å²) in [5.74, 6) is 0. The normalized spacial score (nSPS) is 16.8. The molecule has 102 valence electrons. The van der Waals surface area contributed by atoms with Gasteiger partial charge in [0.2, 0.25) is 0 Å². The molecule has 1 aromatic heterocycles. The van der Waals surface area contributed by atoms with Crippen LogP contribution in [0.2, 0.25) is 0 Å². The number of nitro groups is 1. The molecule has 1 aliphatic rings. The van der Waals surface area contributed by atoms with E-state index in [1.807, 2.05) is 13.0 Å². The van der Waals surface area contributed by atoms with E-state index in [0.29, 0.717) is 0 Å². The van der Waals surface area contributed by atoms with Crippen LogP contribution >= 0.6 is 0 Å². The quantitative estimate of drug-likeness (QED) is 0.685. The molecule has 1 atom stereocenters. The molecule has 1 N–H and O–H groups in total. The van der Waals surface area contributed by atoms with Gasteiger partial charge >= 0.3 is 0 Å². The summed E-state index contributed by atoms with van der Waals surface area (Å²) < 4.78 is 0. The minimum atomic E-state index is -0.370. The molecule has 1 aromatic carbocycles. The highest BCUT2D eigenvalue weighted by Gasteiger charge is 2.24. The Hall–Kier alpha value is -2.43. The van der Waals surface area contributed by atoms with E-state index in [0.717, 1.165) is 29.8 Å². The van der Waals surface area contributed by atoms with Gasteiger partial charge in [-0.3, -0.25) is 15.1 Å². The third-order valence-corrected chi connectivity index (χ3v) is 3.72. The van der Waals surface area contributed by atoms with Crippen LogP contribution in [0.15, 0.2) is 36.5 Å². The Bertz CT molecular complexity index is 670. The van der Waals surface area contributed by atoms with Crippen molar-refractivity contribution in [3.8, 4) is 0 Å². The van der Waals surface area contributed by atoms with Gasteiger partial charge in [0.1, 0.15) is 0 Å². The maximum Gasteiger partial charge on any atom is 0.271 e. The number of aryl methyl sites for hydroxylation is 2. The van der Waals surface area contributed by atoms with Crippen molar-refractivity contribution in [2.24, 2.45) is 0 Å². The summed E-state index contributed by atoms with van der Waals surface area (Å²) in [6, 6.07) is 9.06. The molecule has 1 unspecified atom stereocenters. The molecule has 0 amide bonds. The van der Waals surface area contributed by atoms with Gasteiger partial charge in [-0.15, -0.1) is 0 Å². The fraction of sp³-hybridized carbons (Fsp3) is 0.267. The second-order valence-corrected chi connectivity index (χ2v) is 5.04. The molecule has 0 saturated carbocycles. The van der Waals surface area contributed by atoms with Gasteiger partial charge in [0.25, 0.3) is 5.69 Å². The van der Waals surface area contributed by atoms with E-state index in [-0.39, 0.29) is 16.7 Å². The molecular weight excluding hydrogens is 254 g/mol. The lowest BCUT2D eigenvalue weighted by Gasteiger charge is -2.16. The SMILES string of the molecule is Cc1ccc([N+](=O)[O-])cc1NC1CCc2cccnc21. The van der Waals surface area contributed by atoms with Crippen LogP contribution in [0.4, 0.5) is 11.4 Å². The van der Waals surface area contributed by atoms with Crippen LogP contribution in [0.3, 0.4) is 0 Å². The molecule has 1 heterocycles. The molecule has 1 aliphatic carbocycles. The summed E-state index contributed by atoms with van der Waals surface area (Å²) in [5.41, 5.74) is 4.23. The minimum Gasteiger partial charge on any atom is -0.376 e. The van der Waals surface area contributed by atoms with Gasteiger partial charge in [-0.25, -0.2) is 0 Å². The second-order valence-electron chi connectivity index (χ2n) is 5.04. The Kier molecular flexibility index (Phi) is 3.10. The van der Waals surface area contributed by atoms with E-state index in [2.05, 4.69) is 16.4 Å². The van der Waals surface area contributed by atoms with Gasteiger partial charge in [-0.05, 0) is 37.0 Å². The second kappa shape index (κ2) is 4.92. The number of nitrogens with one attached hydrogen (secondary N) is 1. The number of non-ortho nitro benzene ring substituents is 1. The molecule has 0 aliphatic heterocycles. The summed E-state index contributed by atoms with van der Waals surface area (Å²) in [6.45, 7) is 1.94. The van der Waals surface area contributed by atoms with Crippen LogP contribution in [0, 0.1) is 17.0 Å². The number of hydrogen-bond donors (Lipinski definition) is 1. The van der Waals surface area contributed by atoms with Crippen LogP contribution in [0.5, 0.6) is 0 Å². The fourth-order valence-corrected chi connectivity index (χ4v) is 2.62. The Balaban J connectivity index is 1.89. The first-order chi connectivity index (χ1) is 9.65. The Morgan fingerprint density at radius 3 is 3.05 bits per heavy atom. The smallest absolute Gasteiger partial charge is 0.271 e. The summed E-state index contributed by atoms with van der Waals surface area (Å²) in [7, 11) is 0. The Morgan fingerprint density at radius 2 is 2.25 bits per heavy atom. The van der Waals surface area contributed by atoms with Gasteiger partial charge < -0.3 is 5.32 Å². The number of nitrogens with zero attached hydrogens (tertiary/aromatic N) is 2. The van der Waals surface area contributed by atoms with Crippen molar-refractivity contribution in [3.63, 3.8) is 0 Å². The van der Waals surface area contributed by atoms with Crippen molar-refractivity contribution in [2.45, 2.75) is 25.8 Å². The number of aromatic nitrogens is 1. The van der Waals surface area contributed by atoms with Crippen molar-refractivity contribution in [1.82, 2.24) is 4.98 Å². The predicted octanol–water partition coefficient (Wildman–Crippen LogP) is 3.40. The number of rotatable bonds is 3. The van der Waals surface area contributed by atoms with Crippen molar-refractivity contribution < 1.29 is 4.92 Å². The van der Waals surface area contributed by atoms with Crippen molar-refractivity contribution >= 4 is 11.4 Å². The van der Waals surface area contributed by atoms with Crippen molar-refractivity contribution in [2.75, 3.05) is 5.32 Å². The van der Waals surface area contributed by atoms with Gasteiger partial charge in [-0.1, -0.05) is 12.1 Å². The molecule has 20 heavy (non-hydrogen) atoms. The maximum absolute atomic E-state index is 10.9. The summed E-state index contributed by atoms with van der Waals surface area (Å²) in [5, 5.41) is 14.3. The van der Waals surface area contributed by atoms with Crippen molar-refractivity contribution in [1.29, 1.82) is 0 Å². The largest absolute Gasteiger partial charge is 0.376 e. The first-order valence-electron chi connectivity index (χ1n) is 6.60. The molecule has 2 aromatic rings. The average molecular weight is 269 g/mol. The third-order valence-electron chi connectivity index (χ3n) is 3.72. The monoisotopic (exact) mass is 269 g/mol. The number of nitro benzene ring substituents is 1. The molecule has 5 heteroatoms. The van der Waals surface area contributed by atoms with E-state index in [9.17, 15) is 10.1 Å². The topological polar surface area (TPSA) is 68.1 Å². The first-order valence-corrected chi connectivity index (χ1v) is 6.60. The lowest BCUT2D eigenvalue weighted by atomic mass is 10.1. The molecule has 3 rings (SSSR count). The zero-order valence-electron chi connectivity index (χ0n) is 11.2. The summed E-state index contributed by atoms with van der Waals surface area (Å²) in [6.07, 6.45) is 3.75. The molecule has 0 radical (unpaired) electrons. The van der Waals surface area contributed by atoms with E-state index in [1.165, 1.54) is 11.6 Å². The molecule has 0 saturated heterocycles. The standard InChI is InChI=1S/C15H15N3O2/c1-10-4-6-12(18(19)20)9-14(10)17-13-7-5-11-3-2-8-16-15(11)13/h2-4,6,8-9,13,17H,5,7H2,1H3. The number of hydrogen-bond acceptors (Lipinski definition) is 4. The molecule has 0 fully saturated rings. The van der Waals surface area contributed by atoms with Crippen LogP contribution in [-0.4, -0.2) is 9.91 Å².